The Labute approximate surface area is 108 Å². The average molecular weight is 276 g/mol. The van der Waals surface area contributed by atoms with Gasteiger partial charge in [-0.2, -0.15) is 0 Å². The molecule has 4 heterocycles. The van der Waals surface area contributed by atoms with E-state index in [1.807, 2.05) is 0 Å². The Balaban J connectivity index is 1.82. The van der Waals surface area contributed by atoms with Crippen LogP contribution in [0.4, 0.5) is 0 Å². The van der Waals surface area contributed by atoms with Crippen LogP contribution in [0.5, 0.6) is 0 Å². The molecule has 18 heavy (non-hydrogen) atoms. The van der Waals surface area contributed by atoms with Crippen molar-refractivity contribution >= 4 is 32.3 Å². The molecule has 0 amide bonds. The molecule has 0 aliphatic heterocycles. The third-order valence-electron chi connectivity index (χ3n) is 2.21. The molecular weight excluding hydrogens is 272 g/mol. The van der Waals surface area contributed by atoms with Crippen molar-refractivity contribution in [1.29, 1.82) is 0 Å². The lowest BCUT2D eigenvalue weighted by atomic mass is 10.7. The minimum atomic E-state index is 0.517. The number of oxazole rings is 2. The lowest BCUT2D eigenvalue weighted by Gasteiger charge is -1.85. The van der Waals surface area contributed by atoms with Gasteiger partial charge in [0.15, 0.2) is 19.7 Å². The number of rotatable bonds is 2. The molecule has 0 saturated heterocycles. The van der Waals surface area contributed by atoms with Gasteiger partial charge < -0.3 is 8.83 Å². The largest absolute Gasteiger partial charge is 0.443 e. The van der Waals surface area contributed by atoms with Crippen LogP contribution in [0.25, 0.3) is 31.5 Å². The maximum atomic E-state index is 5.20. The van der Waals surface area contributed by atoms with Gasteiger partial charge >= 0.3 is 0 Å². The maximum absolute atomic E-state index is 5.20. The molecule has 4 aromatic rings. The third-order valence-corrected chi connectivity index (χ3v) is 4.21. The highest BCUT2D eigenvalue weighted by atomic mass is 32.1. The number of aromatic nitrogens is 4. The van der Waals surface area contributed by atoms with Crippen LogP contribution in [-0.2, 0) is 0 Å². The highest BCUT2D eigenvalue weighted by Crippen LogP contribution is 2.35. The van der Waals surface area contributed by atoms with E-state index in [1.165, 1.54) is 35.2 Å². The molecule has 8 heteroatoms. The molecule has 0 bridgehead atoms. The van der Waals surface area contributed by atoms with E-state index in [1.54, 1.807) is 12.4 Å². The fourth-order valence-electron chi connectivity index (χ4n) is 1.48. The second-order valence-electron chi connectivity index (χ2n) is 3.32. The van der Waals surface area contributed by atoms with Gasteiger partial charge in [0.1, 0.15) is 12.5 Å². The summed E-state index contributed by atoms with van der Waals surface area (Å²) in [5, 5.41) is 1.46. The first kappa shape index (κ1) is 9.92. The van der Waals surface area contributed by atoms with Gasteiger partial charge in [0.2, 0.25) is 0 Å². The maximum Gasteiger partial charge on any atom is 0.255 e. The molecular formula is C10H4N4O2S2. The summed E-state index contributed by atoms with van der Waals surface area (Å²) >= 11 is 2.87. The molecule has 0 aromatic carbocycles. The number of thiazole rings is 2. The van der Waals surface area contributed by atoms with Crippen molar-refractivity contribution in [3.63, 3.8) is 0 Å². The van der Waals surface area contributed by atoms with Crippen LogP contribution in [0.1, 0.15) is 0 Å². The van der Waals surface area contributed by atoms with E-state index >= 15 is 0 Å². The van der Waals surface area contributed by atoms with Crippen LogP contribution in [0.3, 0.4) is 0 Å². The van der Waals surface area contributed by atoms with E-state index < -0.39 is 0 Å². The summed E-state index contributed by atoms with van der Waals surface area (Å²) in [6.07, 6.45) is 6.24. The molecule has 0 unspecified atom stereocenters. The second kappa shape index (κ2) is 3.72. The van der Waals surface area contributed by atoms with Gasteiger partial charge in [0.05, 0.1) is 12.4 Å². The molecule has 0 fully saturated rings. The molecule has 6 nitrogen and oxygen atoms in total. The zero-order valence-corrected chi connectivity index (χ0v) is 10.4. The summed E-state index contributed by atoms with van der Waals surface area (Å²) in [5.74, 6) is 1.03. The normalized spacial score (nSPS) is 11.3. The van der Waals surface area contributed by atoms with Crippen molar-refractivity contribution in [3.05, 3.63) is 24.9 Å². The van der Waals surface area contributed by atoms with Crippen LogP contribution in [-0.4, -0.2) is 19.9 Å². The Morgan fingerprint density at radius 1 is 0.778 bits per heavy atom. The van der Waals surface area contributed by atoms with Crippen molar-refractivity contribution < 1.29 is 8.83 Å². The van der Waals surface area contributed by atoms with Gasteiger partial charge in [0.25, 0.3) is 11.8 Å². The predicted molar refractivity (Wildman–Crippen MR) is 66.3 cm³/mol. The topological polar surface area (TPSA) is 77.8 Å². The molecule has 0 aliphatic carbocycles. The quantitative estimate of drug-likeness (QED) is 0.560. The smallest absolute Gasteiger partial charge is 0.255 e. The Kier molecular flexibility index (Phi) is 2.05. The number of hydrogen-bond acceptors (Lipinski definition) is 8. The minimum Gasteiger partial charge on any atom is -0.443 e. The van der Waals surface area contributed by atoms with E-state index in [0.29, 0.717) is 11.8 Å². The molecule has 0 saturated carbocycles. The summed E-state index contributed by atoms with van der Waals surface area (Å²) in [6, 6.07) is 0. The predicted octanol–water partition coefficient (Wildman–Crippen LogP) is 3.06. The van der Waals surface area contributed by atoms with Gasteiger partial charge in [-0.25, -0.2) is 19.9 Å². The monoisotopic (exact) mass is 276 g/mol. The molecule has 0 radical (unpaired) electrons. The van der Waals surface area contributed by atoms with E-state index in [9.17, 15) is 0 Å². The van der Waals surface area contributed by atoms with Crippen LogP contribution < -0.4 is 0 Å². The summed E-state index contributed by atoms with van der Waals surface area (Å²) in [5.41, 5.74) is 0. The molecule has 88 valence electrons. The Morgan fingerprint density at radius 3 is 1.67 bits per heavy atom. The SMILES string of the molecule is c1coc(-c2nc3sc(-c4ncco4)nc3s2)n1. The Bertz CT molecular complexity index is 690. The molecule has 0 aliphatic rings. The first-order chi connectivity index (χ1) is 8.90. The van der Waals surface area contributed by atoms with E-state index in [4.69, 9.17) is 8.83 Å². The van der Waals surface area contributed by atoms with E-state index in [0.717, 1.165) is 19.7 Å². The van der Waals surface area contributed by atoms with Crippen molar-refractivity contribution in [2.24, 2.45) is 0 Å². The fraction of sp³-hybridized carbons (Fsp3) is 0. The van der Waals surface area contributed by atoms with Crippen molar-refractivity contribution in [3.8, 4) is 21.8 Å². The molecule has 0 spiro atoms. The second-order valence-corrected chi connectivity index (χ2v) is 5.28. The summed E-state index contributed by atoms with van der Waals surface area (Å²) in [7, 11) is 0. The first-order valence-corrected chi connectivity index (χ1v) is 6.60. The molecule has 4 rings (SSSR count). The van der Waals surface area contributed by atoms with Crippen molar-refractivity contribution in [1.82, 2.24) is 19.9 Å². The molecule has 0 atom stereocenters. The van der Waals surface area contributed by atoms with Gasteiger partial charge in [-0.15, -0.1) is 0 Å². The van der Waals surface area contributed by atoms with Crippen LogP contribution in [0.2, 0.25) is 0 Å². The van der Waals surface area contributed by atoms with Crippen LogP contribution >= 0.6 is 22.7 Å². The summed E-state index contributed by atoms with van der Waals surface area (Å²) < 4.78 is 10.4. The fourth-order valence-corrected chi connectivity index (χ4v) is 3.40. The summed E-state index contributed by atoms with van der Waals surface area (Å²) in [4.78, 5) is 18.7. The number of fused-ring (bicyclic) bond motifs is 1. The highest BCUT2D eigenvalue weighted by Gasteiger charge is 2.16. The Morgan fingerprint density at radius 2 is 1.28 bits per heavy atom. The van der Waals surface area contributed by atoms with Gasteiger partial charge in [-0.1, -0.05) is 22.7 Å². The first-order valence-electron chi connectivity index (χ1n) is 4.97. The highest BCUT2D eigenvalue weighted by molar-refractivity contribution is 7.29. The van der Waals surface area contributed by atoms with Gasteiger partial charge in [0, 0.05) is 0 Å². The van der Waals surface area contributed by atoms with Gasteiger partial charge in [-0.05, 0) is 0 Å². The lowest BCUT2D eigenvalue weighted by Crippen LogP contribution is -1.73. The van der Waals surface area contributed by atoms with Crippen LogP contribution in [0, 0.1) is 0 Å². The average Bonchev–Trinajstić information content (AvgIpc) is 3.13. The molecule has 4 aromatic heterocycles. The number of nitrogens with zero attached hydrogens (tertiary/aromatic N) is 4. The van der Waals surface area contributed by atoms with Crippen LogP contribution in [0.15, 0.2) is 33.8 Å². The molecule has 0 N–H and O–H groups in total. The third kappa shape index (κ3) is 1.46. The van der Waals surface area contributed by atoms with Crippen molar-refractivity contribution in [2.75, 3.05) is 0 Å². The minimum absolute atomic E-state index is 0.517. The standard InChI is InChI=1S/C10H4N4O2S2/c1-3-15-5(11-1)7-13-9-10(17-7)14-8(18-9)6-12-2-4-16-6/h1-4H. The van der Waals surface area contributed by atoms with E-state index in [-0.39, 0.29) is 0 Å². The number of hydrogen-bond donors (Lipinski definition) is 0. The lowest BCUT2D eigenvalue weighted by molar-refractivity contribution is 0.574. The van der Waals surface area contributed by atoms with Crippen molar-refractivity contribution in [2.45, 2.75) is 0 Å². The van der Waals surface area contributed by atoms with E-state index in [2.05, 4.69) is 19.9 Å². The zero-order chi connectivity index (χ0) is 11.9. The zero-order valence-electron chi connectivity index (χ0n) is 8.73. The summed E-state index contributed by atoms with van der Waals surface area (Å²) in [6.45, 7) is 0. The Hall–Kier alpha value is -2.06. The van der Waals surface area contributed by atoms with Gasteiger partial charge in [-0.3, -0.25) is 0 Å².